The number of amidine groups is 1. The summed E-state index contributed by atoms with van der Waals surface area (Å²) in [6.45, 7) is 9.45. The number of hydrogen-bond acceptors (Lipinski definition) is 4. The van der Waals surface area contributed by atoms with Crippen molar-refractivity contribution in [1.29, 1.82) is 0 Å². The number of carbonyl (C=O) groups excluding carboxylic acids is 3. The molecule has 242 valence electrons. The van der Waals surface area contributed by atoms with Crippen molar-refractivity contribution in [3.05, 3.63) is 166 Å². The predicted octanol–water partition coefficient (Wildman–Crippen LogP) is 8.25. The van der Waals surface area contributed by atoms with Gasteiger partial charge in [0.2, 0.25) is 5.91 Å². The third kappa shape index (κ3) is 7.59. The van der Waals surface area contributed by atoms with Crippen molar-refractivity contribution < 1.29 is 14.4 Å². The number of aromatic nitrogens is 1. The minimum atomic E-state index is -0.667. The van der Waals surface area contributed by atoms with Gasteiger partial charge in [-0.2, -0.15) is 4.99 Å². The van der Waals surface area contributed by atoms with Crippen LogP contribution in [0, 0.1) is 13.8 Å². The van der Waals surface area contributed by atoms with Crippen LogP contribution >= 0.6 is 27.7 Å². The van der Waals surface area contributed by atoms with E-state index < -0.39 is 11.8 Å². The lowest BCUT2D eigenvalue weighted by Gasteiger charge is -2.28. The van der Waals surface area contributed by atoms with Crippen LogP contribution in [0.2, 0.25) is 0 Å². The van der Waals surface area contributed by atoms with Gasteiger partial charge in [0.05, 0.1) is 17.5 Å². The number of nitrogens with zero attached hydrogens (tertiary/aromatic N) is 3. The molecule has 9 heteroatoms. The Hall–Kier alpha value is -4.99. The van der Waals surface area contributed by atoms with E-state index in [-0.39, 0.29) is 28.4 Å². The third-order valence-corrected chi connectivity index (χ3v) is 9.39. The third-order valence-electron chi connectivity index (χ3n) is 7.78. The van der Waals surface area contributed by atoms with E-state index in [1.165, 1.54) is 4.90 Å². The molecule has 0 radical (unpaired) electrons. The summed E-state index contributed by atoms with van der Waals surface area (Å²) in [5.41, 5.74) is 5.77. The Bertz CT molecular complexity index is 1940. The summed E-state index contributed by atoms with van der Waals surface area (Å²) in [5, 5.41) is 3.23. The van der Waals surface area contributed by atoms with Gasteiger partial charge in [0.1, 0.15) is 5.57 Å². The molecular formula is C39H35BrN4O3S. The fraction of sp³-hybridized carbons (Fsp3) is 0.128. The van der Waals surface area contributed by atoms with E-state index in [9.17, 15) is 14.4 Å². The smallest absolute Gasteiger partial charge is 0.285 e. The first kappa shape index (κ1) is 34.3. The molecule has 0 saturated heterocycles. The fourth-order valence-corrected chi connectivity index (χ4v) is 6.76. The Kier molecular flexibility index (Phi) is 11.3. The molecule has 1 aliphatic rings. The van der Waals surface area contributed by atoms with Crippen molar-refractivity contribution in [2.24, 2.45) is 4.99 Å². The van der Waals surface area contributed by atoms with E-state index in [4.69, 9.17) is 0 Å². The van der Waals surface area contributed by atoms with Gasteiger partial charge in [-0.3, -0.25) is 19.3 Å². The van der Waals surface area contributed by atoms with E-state index in [0.29, 0.717) is 5.70 Å². The highest BCUT2D eigenvalue weighted by molar-refractivity contribution is 9.10. The van der Waals surface area contributed by atoms with Crippen LogP contribution < -0.4 is 5.32 Å². The summed E-state index contributed by atoms with van der Waals surface area (Å²) in [7, 11) is 0. The predicted molar refractivity (Wildman–Crippen MR) is 199 cm³/mol. The van der Waals surface area contributed by atoms with Crippen LogP contribution in [-0.2, 0) is 14.4 Å². The van der Waals surface area contributed by atoms with Crippen molar-refractivity contribution in [2.45, 2.75) is 26.8 Å². The topological polar surface area (TPSA) is 83.8 Å². The largest absolute Gasteiger partial charge is 0.344 e. The maximum atomic E-state index is 14.2. The summed E-state index contributed by atoms with van der Waals surface area (Å²) in [6, 6.07) is 28.8. The van der Waals surface area contributed by atoms with Crippen molar-refractivity contribution in [2.75, 3.05) is 5.75 Å². The molecule has 4 aromatic rings. The van der Waals surface area contributed by atoms with Crippen LogP contribution in [0.4, 0.5) is 0 Å². The zero-order valence-corrected chi connectivity index (χ0v) is 29.3. The molecule has 0 aliphatic carbocycles. The lowest BCUT2D eigenvalue weighted by molar-refractivity contribution is -0.126. The summed E-state index contributed by atoms with van der Waals surface area (Å²) in [4.78, 5) is 46.8. The summed E-state index contributed by atoms with van der Waals surface area (Å²) in [6.07, 6.45) is 8.36. The number of rotatable bonds is 10. The van der Waals surface area contributed by atoms with Crippen molar-refractivity contribution in [3.63, 3.8) is 0 Å². The molecule has 0 saturated carbocycles. The second kappa shape index (κ2) is 15.7. The van der Waals surface area contributed by atoms with Gasteiger partial charge in [-0.25, -0.2) is 0 Å². The number of aryl methyl sites for hydroxylation is 1. The number of allylic oxidation sites excluding steroid dienone is 4. The van der Waals surface area contributed by atoms with Crippen LogP contribution in [0.15, 0.2) is 143 Å². The number of para-hydroxylation sites is 1. The van der Waals surface area contributed by atoms with Crippen LogP contribution in [0.3, 0.4) is 0 Å². The zero-order chi connectivity index (χ0) is 34.2. The second-order valence-electron chi connectivity index (χ2n) is 10.9. The van der Waals surface area contributed by atoms with E-state index in [0.717, 1.165) is 50.0 Å². The Morgan fingerprint density at radius 3 is 2.21 bits per heavy atom. The van der Waals surface area contributed by atoms with E-state index in [1.807, 2.05) is 105 Å². The summed E-state index contributed by atoms with van der Waals surface area (Å²) >= 11 is 4.66. The molecule has 0 atom stereocenters. The highest BCUT2D eigenvalue weighted by Gasteiger charge is 2.35. The Morgan fingerprint density at radius 1 is 0.979 bits per heavy atom. The summed E-state index contributed by atoms with van der Waals surface area (Å²) < 4.78 is 2.99. The molecule has 1 aromatic heterocycles. The first-order chi connectivity index (χ1) is 23.2. The first-order valence-corrected chi connectivity index (χ1v) is 17.1. The maximum Gasteiger partial charge on any atom is 0.285 e. The molecule has 1 N–H and O–H groups in total. The van der Waals surface area contributed by atoms with Crippen LogP contribution in [0.5, 0.6) is 0 Å². The maximum absolute atomic E-state index is 14.2. The van der Waals surface area contributed by atoms with Gasteiger partial charge in [0.15, 0.2) is 5.17 Å². The van der Waals surface area contributed by atoms with E-state index >= 15 is 0 Å². The molecule has 3 amide bonds. The van der Waals surface area contributed by atoms with Gasteiger partial charge in [-0.15, -0.1) is 0 Å². The van der Waals surface area contributed by atoms with Crippen LogP contribution in [-0.4, -0.2) is 38.1 Å². The molecule has 0 bridgehead atoms. The molecule has 1 aliphatic heterocycles. The van der Waals surface area contributed by atoms with Gasteiger partial charge in [0, 0.05) is 21.6 Å². The Balaban J connectivity index is 1.45. The second-order valence-corrected chi connectivity index (χ2v) is 12.7. The van der Waals surface area contributed by atoms with Gasteiger partial charge in [-0.1, -0.05) is 109 Å². The SMILES string of the molecule is C=C/C=C\C(=C/C)N1C(=O)/C(=C/c2cc(C)n(-c3ccccc3Br)c2C)C(=O)N=C1SCC(=O)NC(c1ccccc1)c1ccccc1. The molecule has 7 nitrogen and oxygen atoms in total. The van der Waals surface area contributed by atoms with Crippen molar-refractivity contribution >= 4 is 56.7 Å². The first-order valence-electron chi connectivity index (χ1n) is 15.3. The van der Waals surface area contributed by atoms with Gasteiger partial charge < -0.3 is 9.88 Å². The molecule has 0 fully saturated rings. The Labute approximate surface area is 293 Å². The number of aliphatic imine (C=N–C) groups is 1. The van der Waals surface area contributed by atoms with Gasteiger partial charge >= 0.3 is 0 Å². The molecule has 3 aromatic carbocycles. The lowest BCUT2D eigenvalue weighted by atomic mass is 9.99. The normalized spacial score (nSPS) is 14.6. The lowest BCUT2D eigenvalue weighted by Crippen LogP contribution is -2.42. The molecule has 48 heavy (non-hydrogen) atoms. The number of halogens is 1. The minimum absolute atomic E-state index is 0.0691. The minimum Gasteiger partial charge on any atom is -0.344 e. The van der Waals surface area contributed by atoms with Crippen LogP contribution in [0.25, 0.3) is 11.8 Å². The van der Waals surface area contributed by atoms with Crippen molar-refractivity contribution in [3.8, 4) is 5.69 Å². The Morgan fingerprint density at radius 2 is 1.60 bits per heavy atom. The number of nitrogens with one attached hydrogen (secondary N) is 1. The monoisotopic (exact) mass is 718 g/mol. The zero-order valence-electron chi connectivity index (χ0n) is 26.9. The number of benzene rings is 3. The molecule has 5 rings (SSSR count). The van der Waals surface area contributed by atoms with Crippen molar-refractivity contribution in [1.82, 2.24) is 14.8 Å². The molecule has 0 unspecified atom stereocenters. The number of thioether (sulfide) groups is 1. The number of carbonyl (C=O) groups is 3. The van der Waals surface area contributed by atoms with E-state index in [2.05, 4.69) is 37.4 Å². The fourth-order valence-electron chi connectivity index (χ4n) is 5.49. The van der Waals surface area contributed by atoms with E-state index in [1.54, 1.807) is 37.3 Å². The molecule has 2 heterocycles. The highest BCUT2D eigenvalue weighted by Crippen LogP contribution is 2.31. The average Bonchev–Trinajstić information content (AvgIpc) is 3.38. The van der Waals surface area contributed by atoms with Gasteiger partial charge in [-0.05, 0) is 83.7 Å². The quantitative estimate of drug-likeness (QED) is 0.102. The van der Waals surface area contributed by atoms with Gasteiger partial charge in [0.25, 0.3) is 11.8 Å². The number of hydrogen-bond donors (Lipinski definition) is 1. The molecule has 0 spiro atoms. The van der Waals surface area contributed by atoms with Crippen LogP contribution in [0.1, 0.15) is 41.0 Å². The highest BCUT2D eigenvalue weighted by atomic mass is 79.9. The summed E-state index contributed by atoms with van der Waals surface area (Å²) in [5.74, 6) is -1.54. The number of amides is 3. The molecular weight excluding hydrogens is 684 g/mol. The average molecular weight is 720 g/mol. The standard InChI is InChI=1S/C39H35BrN4O3S/c1-5-7-20-31(6-2)44-38(47)32(24-30-23-26(3)43(27(30)4)34-22-15-14-21-33(34)40)37(46)42-39(44)48-25-35(45)41-36(28-16-10-8-11-17-28)29-18-12-9-13-19-29/h5-24,36H,1,25H2,2-4H3,(H,41,45)/b20-7-,31-6+,32-24+.